The maximum atomic E-state index is 12.4. The number of aromatic nitrogens is 2. The summed E-state index contributed by atoms with van der Waals surface area (Å²) in [5.74, 6) is -1.06. The Morgan fingerprint density at radius 3 is 3.05 bits per heavy atom. The number of hydrogen-bond acceptors (Lipinski definition) is 4. The summed E-state index contributed by atoms with van der Waals surface area (Å²) < 4.78 is 1.75. The lowest BCUT2D eigenvalue weighted by Crippen LogP contribution is -2.44. The lowest BCUT2D eigenvalue weighted by Gasteiger charge is -2.39. The molecule has 2 aromatic heterocycles. The van der Waals surface area contributed by atoms with Crippen LogP contribution in [0.3, 0.4) is 0 Å². The molecule has 96 valence electrons. The van der Waals surface area contributed by atoms with Crippen LogP contribution in [0.5, 0.6) is 0 Å². The minimum Gasteiger partial charge on any atom is -0.476 e. The van der Waals surface area contributed by atoms with E-state index < -0.39 is 5.97 Å². The Kier molecular flexibility index (Phi) is 1.95. The van der Waals surface area contributed by atoms with Gasteiger partial charge in [-0.15, -0.1) is 11.3 Å². The van der Waals surface area contributed by atoms with Crippen molar-refractivity contribution in [1.82, 2.24) is 14.5 Å². The number of hydrogen-bond donors (Lipinski definition) is 1. The summed E-state index contributed by atoms with van der Waals surface area (Å²) >= 11 is 1.38. The number of aromatic carboxylic acids is 1. The first-order valence-electron chi connectivity index (χ1n) is 5.88. The van der Waals surface area contributed by atoms with Crippen LogP contribution in [-0.4, -0.2) is 38.0 Å². The molecule has 2 aliphatic heterocycles. The Bertz CT molecular complexity index is 718. The van der Waals surface area contributed by atoms with Gasteiger partial charge in [0.25, 0.3) is 5.91 Å². The lowest BCUT2D eigenvalue weighted by atomic mass is 9.98. The normalized spacial score (nSPS) is 20.1. The van der Waals surface area contributed by atoms with Crippen molar-refractivity contribution < 1.29 is 14.7 Å². The van der Waals surface area contributed by atoms with Crippen LogP contribution in [-0.2, 0) is 0 Å². The van der Waals surface area contributed by atoms with Gasteiger partial charge >= 0.3 is 5.97 Å². The van der Waals surface area contributed by atoms with E-state index in [1.807, 2.05) is 11.4 Å². The lowest BCUT2D eigenvalue weighted by molar-refractivity contribution is 0.0453. The standard InChI is InChI=1S/C12H9N3O3S/c16-11-10-7(2-4-19-10)15-5-13-8(12(17)18)9(15)6-1-3-14(6)11/h2,4-6H,1,3H2,(H,17,18)/t6-/m0/s1. The number of thiophene rings is 1. The van der Waals surface area contributed by atoms with E-state index in [2.05, 4.69) is 4.98 Å². The van der Waals surface area contributed by atoms with Crippen molar-refractivity contribution in [2.24, 2.45) is 0 Å². The molecule has 0 saturated carbocycles. The van der Waals surface area contributed by atoms with Gasteiger partial charge in [-0.2, -0.15) is 0 Å². The van der Waals surface area contributed by atoms with Crippen LogP contribution in [0.2, 0.25) is 0 Å². The Morgan fingerprint density at radius 1 is 1.53 bits per heavy atom. The minimum atomic E-state index is -1.05. The molecule has 1 N–H and O–H groups in total. The number of carboxylic acid groups (broad SMARTS) is 1. The molecule has 0 aliphatic carbocycles. The van der Waals surface area contributed by atoms with Crippen molar-refractivity contribution in [1.29, 1.82) is 0 Å². The molecule has 2 aliphatic rings. The zero-order chi connectivity index (χ0) is 13.1. The summed E-state index contributed by atoms with van der Waals surface area (Å²) in [6.07, 6.45) is 2.28. The highest BCUT2D eigenvalue weighted by Crippen LogP contribution is 2.42. The van der Waals surface area contributed by atoms with E-state index >= 15 is 0 Å². The molecule has 2 aromatic rings. The minimum absolute atomic E-state index is 0.0127. The van der Waals surface area contributed by atoms with Gasteiger partial charge in [-0.3, -0.25) is 9.36 Å². The highest BCUT2D eigenvalue weighted by atomic mass is 32.1. The highest BCUT2D eigenvalue weighted by Gasteiger charge is 2.42. The molecule has 0 bridgehead atoms. The number of carbonyl (C=O) groups is 2. The van der Waals surface area contributed by atoms with Gasteiger partial charge in [0, 0.05) is 6.54 Å². The molecule has 1 amide bonds. The molecule has 6 nitrogen and oxygen atoms in total. The van der Waals surface area contributed by atoms with Gasteiger partial charge in [0.2, 0.25) is 0 Å². The molecular formula is C12H9N3O3S. The third kappa shape index (κ3) is 1.22. The second kappa shape index (κ2) is 3.45. The largest absolute Gasteiger partial charge is 0.476 e. The molecular weight excluding hydrogens is 266 g/mol. The van der Waals surface area contributed by atoms with E-state index in [1.54, 1.807) is 9.47 Å². The SMILES string of the molecule is O=C(O)c1ncn2c1[C@@H]1CCN1C(=O)c1sccc1-2. The average molecular weight is 275 g/mol. The van der Waals surface area contributed by atoms with Crippen molar-refractivity contribution in [2.75, 3.05) is 6.54 Å². The van der Waals surface area contributed by atoms with Crippen LogP contribution in [0, 0.1) is 0 Å². The molecule has 4 rings (SSSR count). The second-order valence-corrected chi connectivity index (χ2v) is 5.51. The molecule has 0 spiro atoms. The first-order chi connectivity index (χ1) is 9.18. The molecule has 19 heavy (non-hydrogen) atoms. The molecule has 0 unspecified atom stereocenters. The number of fused-ring (bicyclic) bond motifs is 5. The van der Waals surface area contributed by atoms with Gasteiger partial charge in [-0.1, -0.05) is 0 Å². The summed E-state index contributed by atoms with van der Waals surface area (Å²) in [7, 11) is 0. The van der Waals surface area contributed by atoms with Crippen LogP contribution in [0.4, 0.5) is 0 Å². The van der Waals surface area contributed by atoms with E-state index in [1.165, 1.54) is 17.7 Å². The van der Waals surface area contributed by atoms with Crippen molar-refractivity contribution in [3.05, 3.63) is 34.0 Å². The van der Waals surface area contributed by atoms with Crippen LogP contribution in [0.1, 0.15) is 38.3 Å². The summed E-state index contributed by atoms with van der Waals surface area (Å²) in [5, 5.41) is 11.1. The summed E-state index contributed by atoms with van der Waals surface area (Å²) in [6, 6.07) is 1.67. The monoisotopic (exact) mass is 275 g/mol. The van der Waals surface area contributed by atoms with Gasteiger partial charge in [0.15, 0.2) is 5.69 Å². The van der Waals surface area contributed by atoms with E-state index in [0.29, 0.717) is 17.1 Å². The predicted molar refractivity (Wildman–Crippen MR) is 66.8 cm³/mol. The van der Waals surface area contributed by atoms with Crippen LogP contribution in [0.15, 0.2) is 17.8 Å². The molecule has 1 atom stereocenters. The number of imidazole rings is 1. The highest BCUT2D eigenvalue weighted by molar-refractivity contribution is 7.12. The summed E-state index contributed by atoms with van der Waals surface area (Å²) in [4.78, 5) is 30.0. The van der Waals surface area contributed by atoms with E-state index in [-0.39, 0.29) is 17.6 Å². The third-order valence-corrected chi connectivity index (χ3v) is 4.59. The van der Waals surface area contributed by atoms with Gasteiger partial charge < -0.3 is 10.0 Å². The third-order valence-electron chi connectivity index (χ3n) is 3.70. The first-order valence-corrected chi connectivity index (χ1v) is 6.76. The van der Waals surface area contributed by atoms with E-state index in [4.69, 9.17) is 0 Å². The Morgan fingerprint density at radius 2 is 2.37 bits per heavy atom. The van der Waals surface area contributed by atoms with Crippen molar-refractivity contribution >= 4 is 23.2 Å². The quantitative estimate of drug-likeness (QED) is 0.856. The smallest absolute Gasteiger partial charge is 0.356 e. The predicted octanol–water partition coefficient (Wildman–Crippen LogP) is 1.53. The molecule has 7 heteroatoms. The zero-order valence-corrected chi connectivity index (χ0v) is 10.6. The number of amides is 1. The maximum absolute atomic E-state index is 12.4. The number of carboxylic acids is 1. The molecule has 0 radical (unpaired) electrons. The van der Waals surface area contributed by atoms with Crippen molar-refractivity contribution in [3.63, 3.8) is 0 Å². The Hall–Kier alpha value is -2.15. The molecule has 1 saturated heterocycles. The average Bonchev–Trinajstić information content (AvgIpc) is 2.90. The topological polar surface area (TPSA) is 75.4 Å². The summed E-state index contributed by atoms with van der Waals surface area (Å²) in [5.41, 5.74) is 1.39. The second-order valence-electron chi connectivity index (χ2n) is 4.59. The Balaban J connectivity index is 2.04. The van der Waals surface area contributed by atoms with Gasteiger partial charge in [0.05, 0.1) is 17.4 Å². The first kappa shape index (κ1) is 10.7. The summed E-state index contributed by atoms with van der Waals surface area (Å²) in [6.45, 7) is 0.672. The molecule has 4 heterocycles. The fraction of sp³-hybridized carbons (Fsp3) is 0.250. The molecule has 0 aromatic carbocycles. The van der Waals surface area contributed by atoms with Crippen LogP contribution in [0.25, 0.3) is 5.69 Å². The van der Waals surface area contributed by atoms with E-state index in [9.17, 15) is 14.7 Å². The number of rotatable bonds is 1. The van der Waals surface area contributed by atoms with Crippen molar-refractivity contribution in [3.8, 4) is 5.69 Å². The Labute approximate surface area is 111 Å². The van der Waals surface area contributed by atoms with Crippen LogP contribution < -0.4 is 0 Å². The van der Waals surface area contributed by atoms with Gasteiger partial charge in [0.1, 0.15) is 11.2 Å². The maximum Gasteiger partial charge on any atom is 0.356 e. The number of nitrogens with zero attached hydrogens (tertiary/aromatic N) is 3. The zero-order valence-electron chi connectivity index (χ0n) is 9.74. The number of carbonyl (C=O) groups excluding carboxylic acids is 1. The van der Waals surface area contributed by atoms with E-state index in [0.717, 1.165) is 12.1 Å². The molecule has 1 fully saturated rings. The van der Waals surface area contributed by atoms with Crippen molar-refractivity contribution in [2.45, 2.75) is 12.5 Å². The fourth-order valence-electron chi connectivity index (χ4n) is 2.73. The van der Waals surface area contributed by atoms with Gasteiger partial charge in [-0.05, 0) is 17.9 Å². The fourth-order valence-corrected chi connectivity index (χ4v) is 3.57. The van der Waals surface area contributed by atoms with Crippen LogP contribution >= 0.6 is 11.3 Å². The van der Waals surface area contributed by atoms with Gasteiger partial charge in [-0.25, -0.2) is 9.78 Å².